The second-order valence-electron chi connectivity index (χ2n) is 8.72. The number of likely N-dealkylation sites (tertiary alicyclic amines) is 1. The zero-order chi connectivity index (χ0) is 20.3. The number of likely N-dealkylation sites (N-methyl/N-ethyl adjacent to an activating group) is 1. The van der Waals surface area contributed by atoms with Crippen LogP contribution in [0.1, 0.15) is 62.4 Å². The van der Waals surface area contributed by atoms with Gasteiger partial charge < -0.3 is 4.90 Å². The van der Waals surface area contributed by atoms with Crippen LogP contribution in [0, 0.1) is 0 Å². The average Bonchev–Trinajstić information content (AvgIpc) is 3.44. The molecule has 1 saturated heterocycles. The number of carbonyl (C=O) groups excluding carboxylic acids is 1. The SMILES string of the molecule is CN(C)C1(c2nnnn2C2CCCC2)CCCN(C(=O)CCc2ccccc2)C1. The Morgan fingerprint density at radius 3 is 2.66 bits per heavy atom. The number of rotatable bonds is 6. The maximum absolute atomic E-state index is 13.0. The Kier molecular flexibility index (Phi) is 5.94. The minimum absolute atomic E-state index is 0.222. The van der Waals surface area contributed by atoms with Crippen molar-refractivity contribution in [3.63, 3.8) is 0 Å². The fraction of sp³-hybridized carbons (Fsp3) is 0.636. The number of nitrogens with zero attached hydrogens (tertiary/aromatic N) is 6. The van der Waals surface area contributed by atoms with Gasteiger partial charge in [-0.3, -0.25) is 9.69 Å². The summed E-state index contributed by atoms with van der Waals surface area (Å²) >= 11 is 0. The minimum atomic E-state index is -0.327. The van der Waals surface area contributed by atoms with E-state index in [0.29, 0.717) is 19.0 Å². The molecule has 0 N–H and O–H groups in total. The van der Waals surface area contributed by atoms with Gasteiger partial charge >= 0.3 is 0 Å². The van der Waals surface area contributed by atoms with Crippen LogP contribution in [0.5, 0.6) is 0 Å². The summed E-state index contributed by atoms with van der Waals surface area (Å²) in [5, 5.41) is 12.9. The first kappa shape index (κ1) is 20.0. The third kappa shape index (κ3) is 4.06. The summed E-state index contributed by atoms with van der Waals surface area (Å²) in [5.41, 5.74) is 0.883. The number of aryl methyl sites for hydroxylation is 1. The van der Waals surface area contributed by atoms with Gasteiger partial charge in [0.25, 0.3) is 0 Å². The van der Waals surface area contributed by atoms with E-state index in [4.69, 9.17) is 0 Å². The van der Waals surface area contributed by atoms with Crippen LogP contribution >= 0.6 is 0 Å². The molecule has 1 aliphatic heterocycles. The summed E-state index contributed by atoms with van der Waals surface area (Å²) in [6.45, 7) is 1.47. The van der Waals surface area contributed by atoms with Crippen molar-refractivity contribution in [2.75, 3.05) is 27.2 Å². The maximum atomic E-state index is 13.0. The summed E-state index contributed by atoms with van der Waals surface area (Å²) in [6.07, 6.45) is 8.02. The zero-order valence-corrected chi connectivity index (χ0v) is 17.6. The highest BCUT2D eigenvalue weighted by Gasteiger charge is 2.45. The van der Waals surface area contributed by atoms with Gasteiger partial charge in [0.1, 0.15) is 5.54 Å². The predicted octanol–water partition coefficient (Wildman–Crippen LogP) is 2.80. The number of carbonyl (C=O) groups is 1. The summed E-state index contributed by atoms with van der Waals surface area (Å²) in [6, 6.07) is 10.6. The molecule has 1 aromatic heterocycles. The van der Waals surface area contributed by atoms with E-state index in [1.165, 1.54) is 18.4 Å². The Morgan fingerprint density at radius 2 is 1.93 bits per heavy atom. The molecule has 0 spiro atoms. The topological polar surface area (TPSA) is 67.2 Å². The van der Waals surface area contributed by atoms with Crippen LogP contribution in [-0.2, 0) is 16.8 Å². The van der Waals surface area contributed by atoms with Crippen molar-refractivity contribution >= 4 is 5.91 Å². The van der Waals surface area contributed by atoms with E-state index < -0.39 is 0 Å². The molecule has 2 heterocycles. The quantitative estimate of drug-likeness (QED) is 0.751. The molecular weight excluding hydrogens is 364 g/mol. The molecule has 1 aliphatic carbocycles. The Bertz CT molecular complexity index is 814. The van der Waals surface area contributed by atoms with Gasteiger partial charge in [0.05, 0.1) is 6.04 Å². The molecule has 2 aliphatic rings. The average molecular weight is 397 g/mol. The van der Waals surface area contributed by atoms with Crippen LogP contribution in [0.25, 0.3) is 0 Å². The van der Waals surface area contributed by atoms with Gasteiger partial charge in [-0.2, -0.15) is 0 Å². The molecule has 1 atom stereocenters. The number of aromatic nitrogens is 4. The van der Waals surface area contributed by atoms with Crippen molar-refractivity contribution < 1.29 is 4.79 Å². The summed E-state index contributed by atoms with van der Waals surface area (Å²) in [5.74, 6) is 1.15. The molecule has 2 aromatic rings. The number of hydrogen-bond donors (Lipinski definition) is 0. The van der Waals surface area contributed by atoms with Gasteiger partial charge in [0, 0.05) is 19.5 Å². The highest BCUT2D eigenvalue weighted by Crippen LogP contribution is 2.38. The largest absolute Gasteiger partial charge is 0.340 e. The van der Waals surface area contributed by atoms with Crippen molar-refractivity contribution in [3.8, 4) is 0 Å². The first-order chi connectivity index (χ1) is 14.1. The Morgan fingerprint density at radius 1 is 1.17 bits per heavy atom. The van der Waals surface area contributed by atoms with Crippen LogP contribution < -0.4 is 0 Å². The molecule has 7 nitrogen and oxygen atoms in total. The number of hydrogen-bond acceptors (Lipinski definition) is 5. The van der Waals surface area contributed by atoms with Crippen LogP contribution in [0.3, 0.4) is 0 Å². The number of benzene rings is 1. The fourth-order valence-corrected chi connectivity index (χ4v) is 4.95. The van der Waals surface area contributed by atoms with E-state index in [9.17, 15) is 4.79 Å². The van der Waals surface area contributed by atoms with Crippen molar-refractivity contribution in [1.82, 2.24) is 30.0 Å². The van der Waals surface area contributed by atoms with Crippen LogP contribution in [0.15, 0.2) is 30.3 Å². The molecular formula is C22H32N6O. The lowest BCUT2D eigenvalue weighted by molar-refractivity contribution is -0.135. The van der Waals surface area contributed by atoms with Gasteiger partial charge in [0.15, 0.2) is 5.82 Å². The Balaban J connectivity index is 1.52. The van der Waals surface area contributed by atoms with E-state index in [-0.39, 0.29) is 11.4 Å². The summed E-state index contributed by atoms with van der Waals surface area (Å²) < 4.78 is 2.06. The molecule has 1 saturated carbocycles. The van der Waals surface area contributed by atoms with Crippen LogP contribution in [-0.4, -0.2) is 63.1 Å². The lowest BCUT2D eigenvalue weighted by Crippen LogP contribution is -2.56. The molecule has 0 radical (unpaired) electrons. The molecule has 1 aromatic carbocycles. The third-order valence-corrected chi connectivity index (χ3v) is 6.73. The minimum Gasteiger partial charge on any atom is -0.340 e. The van der Waals surface area contributed by atoms with Crippen molar-refractivity contribution in [1.29, 1.82) is 0 Å². The number of tetrazole rings is 1. The second-order valence-corrected chi connectivity index (χ2v) is 8.72. The molecule has 1 unspecified atom stereocenters. The molecule has 0 bridgehead atoms. The molecule has 29 heavy (non-hydrogen) atoms. The summed E-state index contributed by atoms with van der Waals surface area (Å²) in [4.78, 5) is 17.3. The normalized spacial score (nSPS) is 23.1. The second kappa shape index (κ2) is 8.61. The maximum Gasteiger partial charge on any atom is 0.222 e. The van der Waals surface area contributed by atoms with E-state index in [2.05, 4.69) is 51.3 Å². The first-order valence-electron chi connectivity index (χ1n) is 10.9. The van der Waals surface area contributed by atoms with Gasteiger partial charge in [-0.1, -0.05) is 43.2 Å². The van der Waals surface area contributed by atoms with E-state index in [1.807, 2.05) is 23.1 Å². The fourth-order valence-electron chi connectivity index (χ4n) is 4.95. The van der Waals surface area contributed by atoms with Crippen molar-refractivity contribution in [2.45, 2.75) is 62.9 Å². The van der Waals surface area contributed by atoms with E-state index in [1.54, 1.807) is 0 Å². The first-order valence-corrected chi connectivity index (χ1v) is 10.9. The lowest BCUT2D eigenvalue weighted by atomic mass is 9.86. The van der Waals surface area contributed by atoms with E-state index >= 15 is 0 Å². The van der Waals surface area contributed by atoms with Crippen LogP contribution in [0.2, 0.25) is 0 Å². The highest BCUT2D eigenvalue weighted by molar-refractivity contribution is 5.76. The predicted molar refractivity (Wildman–Crippen MR) is 111 cm³/mol. The molecule has 4 rings (SSSR count). The van der Waals surface area contributed by atoms with Crippen molar-refractivity contribution in [2.24, 2.45) is 0 Å². The third-order valence-electron chi connectivity index (χ3n) is 6.73. The Hall–Kier alpha value is -2.28. The number of amides is 1. The van der Waals surface area contributed by atoms with Gasteiger partial charge in [-0.25, -0.2) is 4.68 Å². The van der Waals surface area contributed by atoms with Crippen LogP contribution in [0.4, 0.5) is 0 Å². The molecule has 7 heteroatoms. The van der Waals surface area contributed by atoms with Gasteiger partial charge in [0.2, 0.25) is 5.91 Å². The lowest BCUT2D eigenvalue weighted by Gasteiger charge is -2.46. The summed E-state index contributed by atoms with van der Waals surface area (Å²) in [7, 11) is 4.18. The standard InChI is InChI=1S/C22H32N6O/c1-26(2)22(21-23-24-25-28(21)19-11-6-7-12-19)15-8-16-27(17-22)20(29)14-13-18-9-4-3-5-10-18/h3-5,9-10,19H,6-8,11-17H2,1-2H3. The van der Waals surface area contributed by atoms with Gasteiger partial charge in [-0.15, -0.1) is 5.10 Å². The molecule has 156 valence electrons. The molecule has 2 fully saturated rings. The Labute approximate surface area is 173 Å². The molecule has 1 amide bonds. The number of piperidine rings is 1. The monoisotopic (exact) mass is 396 g/mol. The highest BCUT2D eigenvalue weighted by atomic mass is 16.2. The smallest absolute Gasteiger partial charge is 0.222 e. The van der Waals surface area contributed by atoms with Crippen molar-refractivity contribution in [3.05, 3.63) is 41.7 Å². The zero-order valence-electron chi connectivity index (χ0n) is 17.6. The van der Waals surface area contributed by atoms with Gasteiger partial charge in [-0.05, 0) is 62.2 Å². The van der Waals surface area contributed by atoms with E-state index in [0.717, 1.165) is 44.5 Å².